The van der Waals surface area contributed by atoms with Crippen LogP contribution < -0.4 is 4.74 Å². The zero-order valence-corrected chi connectivity index (χ0v) is 12.1. The smallest absolute Gasteiger partial charge is 0.150 e. The van der Waals surface area contributed by atoms with Crippen molar-refractivity contribution in [1.29, 1.82) is 0 Å². The molecule has 19 heavy (non-hydrogen) atoms. The van der Waals surface area contributed by atoms with Gasteiger partial charge in [0.2, 0.25) is 0 Å². The van der Waals surface area contributed by atoms with Crippen LogP contribution in [0.25, 0.3) is 0 Å². The molecule has 1 aliphatic rings. The average Bonchev–Trinajstić information content (AvgIpc) is 2.68. The summed E-state index contributed by atoms with van der Waals surface area (Å²) in [6.45, 7) is 3.87. The molecule has 2 atom stereocenters. The molecule has 0 bridgehead atoms. The Balaban J connectivity index is 2.13. The van der Waals surface area contributed by atoms with Gasteiger partial charge in [-0.1, -0.05) is 12.1 Å². The third-order valence-corrected chi connectivity index (χ3v) is 5.08. The molecule has 106 valence electrons. The standard InChI is InChI=1S/C14H20O4S/c1-10(2)18-13-5-3-4-11(8-13)14(15)12-6-7-19(16,17)9-12/h3-5,8,10,12,14-15H,6-7,9H2,1-2H3. The van der Waals surface area contributed by atoms with E-state index in [1.165, 1.54) is 0 Å². The fourth-order valence-electron chi connectivity index (χ4n) is 2.39. The minimum absolute atomic E-state index is 0.0688. The van der Waals surface area contributed by atoms with Gasteiger partial charge in [0.15, 0.2) is 9.84 Å². The second kappa shape index (κ2) is 5.51. The lowest BCUT2D eigenvalue weighted by Crippen LogP contribution is -2.14. The van der Waals surface area contributed by atoms with Crippen LogP contribution in [0.4, 0.5) is 0 Å². The third-order valence-electron chi connectivity index (χ3n) is 3.29. The Labute approximate surface area is 114 Å². The van der Waals surface area contributed by atoms with Gasteiger partial charge in [-0.2, -0.15) is 0 Å². The van der Waals surface area contributed by atoms with Crippen molar-refractivity contribution in [3.63, 3.8) is 0 Å². The molecule has 1 heterocycles. The van der Waals surface area contributed by atoms with Crippen LogP contribution in [0.1, 0.15) is 31.9 Å². The summed E-state index contributed by atoms with van der Waals surface area (Å²) in [4.78, 5) is 0. The number of benzene rings is 1. The first kappa shape index (κ1) is 14.3. The zero-order valence-electron chi connectivity index (χ0n) is 11.2. The van der Waals surface area contributed by atoms with E-state index in [1.54, 1.807) is 6.07 Å². The van der Waals surface area contributed by atoms with Crippen molar-refractivity contribution in [3.8, 4) is 5.75 Å². The Hall–Kier alpha value is -1.07. The van der Waals surface area contributed by atoms with Crippen LogP contribution in [0, 0.1) is 5.92 Å². The number of ether oxygens (including phenoxy) is 1. The maximum absolute atomic E-state index is 11.5. The summed E-state index contributed by atoms with van der Waals surface area (Å²) in [5.41, 5.74) is 0.722. The highest BCUT2D eigenvalue weighted by molar-refractivity contribution is 7.91. The van der Waals surface area contributed by atoms with Crippen molar-refractivity contribution in [2.45, 2.75) is 32.5 Å². The molecule has 1 aromatic rings. The molecule has 4 nitrogen and oxygen atoms in total. The number of aliphatic hydroxyl groups excluding tert-OH is 1. The summed E-state index contributed by atoms with van der Waals surface area (Å²) < 4.78 is 28.5. The fraction of sp³-hybridized carbons (Fsp3) is 0.571. The van der Waals surface area contributed by atoms with Crippen molar-refractivity contribution in [1.82, 2.24) is 0 Å². The molecule has 2 unspecified atom stereocenters. The molecule has 1 aliphatic heterocycles. The Kier molecular flexibility index (Phi) is 4.16. The molecule has 1 fully saturated rings. The van der Waals surface area contributed by atoms with E-state index in [0.717, 1.165) is 5.56 Å². The molecule has 0 saturated carbocycles. The summed E-state index contributed by atoms with van der Waals surface area (Å²) in [5, 5.41) is 10.3. The van der Waals surface area contributed by atoms with Crippen LogP contribution in [-0.2, 0) is 9.84 Å². The largest absolute Gasteiger partial charge is 0.491 e. The van der Waals surface area contributed by atoms with E-state index in [0.29, 0.717) is 12.2 Å². The molecule has 1 saturated heterocycles. The monoisotopic (exact) mass is 284 g/mol. The van der Waals surface area contributed by atoms with E-state index >= 15 is 0 Å². The molecule has 1 N–H and O–H groups in total. The zero-order chi connectivity index (χ0) is 14.0. The number of rotatable bonds is 4. The molecule has 0 aromatic heterocycles. The van der Waals surface area contributed by atoms with Gasteiger partial charge >= 0.3 is 0 Å². The Morgan fingerprint density at radius 2 is 2.11 bits per heavy atom. The van der Waals surface area contributed by atoms with Gasteiger partial charge in [0.05, 0.1) is 23.7 Å². The number of aliphatic hydroxyl groups is 1. The van der Waals surface area contributed by atoms with Crippen LogP contribution in [0.2, 0.25) is 0 Å². The second-order valence-electron chi connectivity index (χ2n) is 5.35. The van der Waals surface area contributed by atoms with Crippen molar-refractivity contribution < 1.29 is 18.3 Å². The summed E-state index contributed by atoms with van der Waals surface area (Å²) in [6.07, 6.45) is -0.147. The second-order valence-corrected chi connectivity index (χ2v) is 7.58. The van der Waals surface area contributed by atoms with Crippen LogP contribution >= 0.6 is 0 Å². The lowest BCUT2D eigenvalue weighted by Gasteiger charge is -2.18. The molecule has 0 aliphatic carbocycles. The summed E-state index contributed by atoms with van der Waals surface area (Å²) >= 11 is 0. The highest BCUT2D eigenvalue weighted by Crippen LogP contribution is 2.32. The quantitative estimate of drug-likeness (QED) is 0.917. The minimum Gasteiger partial charge on any atom is -0.491 e. The molecular weight excluding hydrogens is 264 g/mol. The molecule has 0 spiro atoms. The summed E-state index contributed by atoms with van der Waals surface area (Å²) in [6, 6.07) is 7.25. The van der Waals surface area contributed by atoms with Gasteiger partial charge in [-0.05, 0) is 38.0 Å². The molecule has 1 aromatic carbocycles. The maximum Gasteiger partial charge on any atom is 0.150 e. The van der Waals surface area contributed by atoms with Gasteiger partial charge in [-0.3, -0.25) is 0 Å². The predicted molar refractivity (Wildman–Crippen MR) is 73.9 cm³/mol. The van der Waals surface area contributed by atoms with Gasteiger partial charge in [0, 0.05) is 5.92 Å². The van der Waals surface area contributed by atoms with Crippen LogP contribution in [0.5, 0.6) is 5.75 Å². The normalized spacial score (nSPS) is 23.5. The van der Waals surface area contributed by atoms with E-state index in [9.17, 15) is 13.5 Å². The lowest BCUT2D eigenvalue weighted by atomic mass is 9.95. The first-order chi connectivity index (χ1) is 8.87. The Morgan fingerprint density at radius 1 is 1.37 bits per heavy atom. The summed E-state index contributed by atoms with van der Waals surface area (Å²) in [7, 11) is -2.97. The van der Waals surface area contributed by atoms with E-state index in [2.05, 4.69) is 0 Å². The van der Waals surface area contributed by atoms with E-state index < -0.39 is 15.9 Å². The number of hydrogen-bond acceptors (Lipinski definition) is 4. The SMILES string of the molecule is CC(C)Oc1cccc(C(O)C2CCS(=O)(=O)C2)c1. The molecule has 5 heteroatoms. The average molecular weight is 284 g/mol. The highest BCUT2D eigenvalue weighted by atomic mass is 32.2. The maximum atomic E-state index is 11.5. The first-order valence-corrected chi connectivity index (χ1v) is 8.34. The van der Waals surface area contributed by atoms with Crippen LogP contribution in [0.15, 0.2) is 24.3 Å². The van der Waals surface area contributed by atoms with Gasteiger partial charge in [-0.25, -0.2) is 8.42 Å². The molecular formula is C14H20O4S. The first-order valence-electron chi connectivity index (χ1n) is 6.52. The van der Waals surface area contributed by atoms with Gasteiger partial charge in [0.1, 0.15) is 5.75 Å². The highest BCUT2D eigenvalue weighted by Gasteiger charge is 2.33. The van der Waals surface area contributed by atoms with Crippen molar-refractivity contribution in [3.05, 3.63) is 29.8 Å². The van der Waals surface area contributed by atoms with Crippen LogP contribution in [0.3, 0.4) is 0 Å². The predicted octanol–water partition coefficient (Wildman–Crippen LogP) is 1.94. The molecule has 0 radical (unpaired) electrons. The third kappa shape index (κ3) is 3.70. The van der Waals surface area contributed by atoms with E-state index in [4.69, 9.17) is 4.74 Å². The van der Waals surface area contributed by atoms with Crippen molar-refractivity contribution >= 4 is 9.84 Å². The summed E-state index contributed by atoms with van der Waals surface area (Å²) in [5.74, 6) is 0.743. The topological polar surface area (TPSA) is 63.6 Å². The number of hydrogen-bond donors (Lipinski definition) is 1. The molecule has 0 amide bonds. The van der Waals surface area contributed by atoms with Gasteiger partial charge in [0.25, 0.3) is 0 Å². The van der Waals surface area contributed by atoms with Crippen molar-refractivity contribution in [2.24, 2.45) is 5.92 Å². The Morgan fingerprint density at radius 3 is 2.68 bits per heavy atom. The van der Waals surface area contributed by atoms with Gasteiger partial charge in [-0.15, -0.1) is 0 Å². The number of sulfone groups is 1. The van der Waals surface area contributed by atoms with Crippen LogP contribution in [-0.4, -0.2) is 31.1 Å². The lowest BCUT2D eigenvalue weighted by molar-refractivity contribution is 0.120. The van der Waals surface area contributed by atoms with Crippen molar-refractivity contribution in [2.75, 3.05) is 11.5 Å². The van der Waals surface area contributed by atoms with Gasteiger partial charge < -0.3 is 9.84 Å². The minimum atomic E-state index is -2.97. The van der Waals surface area contributed by atoms with E-state index in [-0.39, 0.29) is 23.5 Å². The Bertz CT molecular complexity index is 536. The fourth-order valence-corrected chi connectivity index (χ4v) is 4.22. The molecule has 2 rings (SSSR count). The van der Waals surface area contributed by atoms with E-state index in [1.807, 2.05) is 32.0 Å².